The topological polar surface area (TPSA) is 95.5 Å². The summed E-state index contributed by atoms with van der Waals surface area (Å²) in [6.45, 7) is 28.6. The normalized spacial score (nSPS) is 12.4. The molecule has 0 atom stereocenters. The van der Waals surface area contributed by atoms with Crippen molar-refractivity contribution in [1.82, 2.24) is 0 Å². The Hall–Kier alpha value is -2.18. The first-order valence-corrected chi connectivity index (χ1v) is 16.2. The molecule has 0 N–H and O–H groups in total. The van der Waals surface area contributed by atoms with Crippen LogP contribution in [0.25, 0.3) is 0 Å². The zero-order valence-corrected chi connectivity index (χ0v) is 32.8. The van der Waals surface area contributed by atoms with E-state index in [1.54, 1.807) is 26.0 Å². The summed E-state index contributed by atoms with van der Waals surface area (Å²) < 4.78 is 0. The van der Waals surface area contributed by atoms with Crippen molar-refractivity contribution in [2.75, 3.05) is 4.90 Å². The molecule has 3 aromatic rings. The number of halogens is 1. The van der Waals surface area contributed by atoms with E-state index in [-0.39, 0.29) is 73.7 Å². The molecule has 0 aliphatic rings. The van der Waals surface area contributed by atoms with E-state index >= 15 is 0 Å². The van der Waals surface area contributed by atoms with Crippen LogP contribution in [0.2, 0.25) is 5.02 Å². The zero-order valence-electron chi connectivity index (χ0n) is 30.5. The van der Waals surface area contributed by atoms with Gasteiger partial charge in [-0.2, -0.15) is 0 Å². The molecule has 0 aliphatic carbocycles. The average molecular weight is 684 g/mol. The van der Waals surface area contributed by atoms with E-state index in [0.717, 1.165) is 22.3 Å². The fourth-order valence-electron chi connectivity index (χ4n) is 4.97. The van der Waals surface area contributed by atoms with Gasteiger partial charge in [0.15, 0.2) is 0 Å². The van der Waals surface area contributed by atoms with E-state index in [2.05, 4.69) is 41.5 Å². The van der Waals surface area contributed by atoms with Gasteiger partial charge in [-0.3, -0.25) is 0 Å². The molecule has 0 fully saturated rings. The summed E-state index contributed by atoms with van der Waals surface area (Å²) in [5.74, 6) is -0.280. The number of nitrogens with zero attached hydrogens (tertiary/aromatic N) is 1. The molecule has 5 nitrogen and oxygen atoms in total. The summed E-state index contributed by atoms with van der Waals surface area (Å²) in [4.78, 5) is 1.85. The smallest absolute Gasteiger partial charge is 0.872 e. The van der Waals surface area contributed by atoms with Crippen LogP contribution in [-0.4, -0.2) is 6.10 Å². The minimum absolute atomic E-state index is 0. The molecule has 0 unspecified atom stereocenters. The van der Waals surface area contributed by atoms with Gasteiger partial charge in [0.1, 0.15) is 0 Å². The van der Waals surface area contributed by atoms with E-state index < -0.39 is 6.10 Å². The second-order valence-corrected chi connectivity index (χ2v) is 17.0. The van der Waals surface area contributed by atoms with E-state index in [0.29, 0.717) is 21.8 Å². The summed E-state index contributed by atoms with van der Waals surface area (Å²) in [7, 11) is 0. The van der Waals surface area contributed by atoms with Crippen LogP contribution in [0, 0.1) is 0 Å². The van der Waals surface area contributed by atoms with Crippen LogP contribution < -0.4 is 25.3 Å². The van der Waals surface area contributed by atoms with Crippen LogP contribution in [0.1, 0.15) is 130 Å². The molecule has 0 saturated heterocycles. The molecule has 3 aromatic carbocycles. The van der Waals surface area contributed by atoms with Gasteiger partial charge in [0.2, 0.25) is 0 Å². The molecule has 0 radical (unpaired) electrons. The van der Waals surface area contributed by atoms with Crippen molar-refractivity contribution in [2.45, 2.75) is 138 Å². The van der Waals surface area contributed by atoms with Crippen LogP contribution in [0.15, 0.2) is 42.5 Å². The first-order valence-electron chi connectivity index (χ1n) is 15.8. The third-order valence-electron chi connectivity index (χ3n) is 7.66. The molecule has 0 amide bonds. The van der Waals surface area contributed by atoms with E-state index in [9.17, 15) is 20.4 Å². The van der Waals surface area contributed by atoms with Gasteiger partial charge in [-0.05, 0) is 67.2 Å². The largest absolute Gasteiger partial charge is 4.00 e. The van der Waals surface area contributed by atoms with Gasteiger partial charge in [0.05, 0.1) is 0 Å². The summed E-state index contributed by atoms with van der Waals surface area (Å²) >= 11 is 6.38. The van der Waals surface area contributed by atoms with Crippen molar-refractivity contribution in [2.24, 2.45) is 0 Å². The molecule has 0 saturated carbocycles. The predicted molar refractivity (Wildman–Crippen MR) is 182 cm³/mol. The molecule has 7 heteroatoms. The summed E-state index contributed by atoms with van der Waals surface area (Å²) in [5.41, 5.74) is 4.06. The number of hydrogen-bond acceptors (Lipinski definition) is 5. The van der Waals surface area contributed by atoms with Crippen LogP contribution in [0.3, 0.4) is 0 Å². The fourth-order valence-corrected chi connectivity index (χ4v) is 5.13. The maximum atomic E-state index is 13.9. The van der Waals surface area contributed by atoms with Crippen LogP contribution in [-0.2, 0) is 56.5 Å². The molecule has 3 rings (SSSR count). The van der Waals surface area contributed by atoms with Crippen molar-refractivity contribution in [3.05, 3.63) is 80.9 Å². The Morgan fingerprint density at radius 2 is 0.957 bits per heavy atom. The molecular weight excluding hydrogens is 630 g/mol. The minimum Gasteiger partial charge on any atom is -0.872 e. The molecule has 0 spiro atoms. The zero-order chi connectivity index (χ0) is 34.9. The Labute approximate surface area is 298 Å². The predicted octanol–water partition coefficient (Wildman–Crippen LogP) is 7.71. The van der Waals surface area contributed by atoms with Gasteiger partial charge in [0, 0.05) is 23.8 Å². The number of benzene rings is 3. The quantitative estimate of drug-likeness (QED) is 0.257. The number of rotatable bonds is 5. The van der Waals surface area contributed by atoms with Crippen molar-refractivity contribution in [3.8, 4) is 17.2 Å². The maximum Gasteiger partial charge on any atom is 4.00 e. The van der Waals surface area contributed by atoms with Gasteiger partial charge in [-0.25, -0.2) is 0 Å². The van der Waals surface area contributed by atoms with Gasteiger partial charge in [-0.1, -0.05) is 145 Å². The first kappa shape index (κ1) is 41.8. The van der Waals surface area contributed by atoms with E-state index in [1.165, 1.54) is 6.07 Å². The average Bonchev–Trinajstić information content (AvgIpc) is 2.84. The van der Waals surface area contributed by atoms with E-state index in [4.69, 9.17) is 11.6 Å². The van der Waals surface area contributed by atoms with Gasteiger partial charge >= 0.3 is 21.7 Å². The standard InChI is InChI=1S/C36H50ClNO3.C3H7O.Ti/c1-33(2,3)24-15-22(31(40)27(17-24)35(7,8)9)20-38(29-19-26(37)13-14-30(29)39)21-23-16-25(34(4,5)6)18-28(32(23)41)36(10,11)12;1-3(2)4;/h13-19,39-41H,20-21H2,1-12H3;3H,1-2H3;/q;-1;+4/p-3. The molecule has 0 aromatic heterocycles. The monoisotopic (exact) mass is 683 g/mol. The Kier molecular flexibility index (Phi) is 14.0. The SMILES string of the molecule is CC(C)(C)c1cc(CN(Cc2cc(C(C)(C)C)cc(C(C)(C)C)c2[O-])c2cc(Cl)ccc2[O-])c([O-])c(C(C)(C)C)c1.CC(C)[O-].[Ti+4]. The third-order valence-corrected chi connectivity index (χ3v) is 7.90. The first-order chi connectivity index (χ1) is 20.2. The van der Waals surface area contributed by atoms with E-state index in [1.807, 2.05) is 70.7 Å². The van der Waals surface area contributed by atoms with Gasteiger partial charge in [-0.15, -0.1) is 17.6 Å². The van der Waals surface area contributed by atoms with Crippen molar-refractivity contribution < 1.29 is 42.1 Å². The molecule has 0 bridgehead atoms. The number of anilines is 1. The second kappa shape index (κ2) is 15.4. The van der Waals surface area contributed by atoms with Crippen LogP contribution >= 0.6 is 11.6 Å². The Bertz CT molecular complexity index is 1390. The molecule has 0 heterocycles. The Balaban J connectivity index is 0.00000199. The van der Waals surface area contributed by atoms with Crippen molar-refractivity contribution in [3.63, 3.8) is 0 Å². The van der Waals surface area contributed by atoms with Gasteiger partial charge < -0.3 is 25.3 Å². The van der Waals surface area contributed by atoms with Crippen LogP contribution in [0.5, 0.6) is 17.2 Å². The molecule has 46 heavy (non-hydrogen) atoms. The Morgan fingerprint density at radius 3 is 1.26 bits per heavy atom. The van der Waals surface area contributed by atoms with Crippen molar-refractivity contribution >= 4 is 17.3 Å². The summed E-state index contributed by atoms with van der Waals surface area (Å²) in [6, 6.07) is 12.6. The van der Waals surface area contributed by atoms with Crippen LogP contribution in [0.4, 0.5) is 5.69 Å². The fraction of sp³-hybridized carbons (Fsp3) is 0.538. The second-order valence-electron chi connectivity index (χ2n) is 16.5. The summed E-state index contributed by atoms with van der Waals surface area (Å²) in [6.07, 6.45) is -0.417. The summed E-state index contributed by atoms with van der Waals surface area (Å²) in [5, 5.41) is 51.0. The number of hydrogen-bond donors (Lipinski definition) is 0. The van der Waals surface area contributed by atoms with Gasteiger partial charge in [0.25, 0.3) is 0 Å². The third kappa shape index (κ3) is 11.2. The molecular formula is C39H54ClNO4Ti. The molecule has 250 valence electrons. The molecule has 0 aliphatic heterocycles. The van der Waals surface area contributed by atoms with Crippen molar-refractivity contribution in [1.29, 1.82) is 0 Å². The Morgan fingerprint density at radius 1 is 0.609 bits per heavy atom. The minimum atomic E-state index is -0.417. The maximum absolute atomic E-state index is 13.9.